The molecule has 1 saturated carbocycles. The Morgan fingerprint density at radius 1 is 1.24 bits per heavy atom. The summed E-state index contributed by atoms with van der Waals surface area (Å²) in [6.07, 6.45) is -0.126. The van der Waals surface area contributed by atoms with Crippen LogP contribution in [0.15, 0.2) is 23.0 Å². The van der Waals surface area contributed by atoms with Gasteiger partial charge in [0.2, 0.25) is 5.78 Å². The molecule has 6 N–H and O–H groups in total. The number of rotatable bonds is 5. The number of amides is 1. The SMILES string of the molecule is CCN(Cc1cc(O)c2c(c1Cl)CC1C[C@H]3CC(=O)C(C(N)=O)=C(O)[C@@]3(O)C(=O)C1=C2O)[C@H](C)C(C)(C)C. The number of Topliss-reactive ketones (excluding diaryl/α,β-unsaturated/α-hetero) is 2. The van der Waals surface area contributed by atoms with E-state index in [0.717, 1.165) is 6.54 Å². The minimum Gasteiger partial charge on any atom is -0.508 e. The zero-order valence-electron chi connectivity index (χ0n) is 22.3. The van der Waals surface area contributed by atoms with Crippen LogP contribution in [0.3, 0.4) is 0 Å². The van der Waals surface area contributed by atoms with Gasteiger partial charge >= 0.3 is 0 Å². The van der Waals surface area contributed by atoms with Crippen LogP contribution in [0, 0.1) is 17.3 Å². The number of nitrogens with zero attached hydrogens (tertiary/aromatic N) is 1. The minimum atomic E-state index is -2.58. The molecule has 1 unspecified atom stereocenters. The number of halogens is 1. The van der Waals surface area contributed by atoms with Crippen molar-refractivity contribution in [2.24, 2.45) is 23.0 Å². The first-order valence-electron chi connectivity index (χ1n) is 12.8. The van der Waals surface area contributed by atoms with E-state index in [9.17, 15) is 34.8 Å². The van der Waals surface area contributed by atoms with Gasteiger partial charge in [-0.25, -0.2) is 0 Å². The number of phenols is 1. The maximum atomic E-state index is 13.6. The van der Waals surface area contributed by atoms with E-state index < -0.39 is 52.0 Å². The number of fused-ring (bicyclic) bond motifs is 3. The third kappa shape index (κ3) is 4.12. The standard InChI is InChI=1S/C28H35ClN2O7/c1-6-31(12(2)27(3,4)5)11-14-9-17(32)20-16(22(14)29)8-13-7-15-10-18(33)21(26(30)37)25(36)28(15,38)24(35)19(13)23(20)34/h9,12-13,15,32,34,36,38H,6-8,10-11H2,1-5H3,(H2,30,37)/t12-,13?,15+,28+/m1/s1. The van der Waals surface area contributed by atoms with Crippen LogP contribution in [0.2, 0.25) is 5.02 Å². The summed E-state index contributed by atoms with van der Waals surface area (Å²) in [5, 5.41) is 44.6. The summed E-state index contributed by atoms with van der Waals surface area (Å²) < 4.78 is 0. The molecule has 0 bridgehead atoms. The van der Waals surface area contributed by atoms with E-state index in [2.05, 4.69) is 32.6 Å². The molecular weight excluding hydrogens is 512 g/mol. The second-order valence-electron chi connectivity index (χ2n) is 11.7. The third-order valence-corrected chi connectivity index (χ3v) is 9.12. The van der Waals surface area contributed by atoms with E-state index in [-0.39, 0.29) is 47.6 Å². The Labute approximate surface area is 226 Å². The van der Waals surface area contributed by atoms with Gasteiger partial charge < -0.3 is 26.2 Å². The molecule has 0 heterocycles. The molecule has 1 amide bonds. The van der Waals surface area contributed by atoms with Gasteiger partial charge in [-0.2, -0.15) is 0 Å². The predicted molar refractivity (Wildman–Crippen MR) is 141 cm³/mol. The Hall–Kier alpha value is -2.88. The van der Waals surface area contributed by atoms with Crippen LogP contribution in [-0.2, 0) is 27.3 Å². The Bertz CT molecular complexity index is 1310. The number of carbonyl (C=O) groups excluding carboxylic acids is 3. The number of aromatic hydroxyl groups is 1. The molecule has 0 saturated heterocycles. The zero-order valence-corrected chi connectivity index (χ0v) is 23.0. The van der Waals surface area contributed by atoms with Crippen molar-refractivity contribution in [1.82, 2.24) is 4.90 Å². The lowest BCUT2D eigenvalue weighted by atomic mass is 9.59. The van der Waals surface area contributed by atoms with Crippen molar-refractivity contribution in [2.75, 3.05) is 6.54 Å². The number of ketones is 2. The highest BCUT2D eigenvalue weighted by Gasteiger charge is 2.60. The number of benzene rings is 1. The van der Waals surface area contributed by atoms with E-state index in [0.29, 0.717) is 22.7 Å². The summed E-state index contributed by atoms with van der Waals surface area (Å²) in [4.78, 5) is 40.1. The second-order valence-corrected chi connectivity index (χ2v) is 12.1. The van der Waals surface area contributed by atoms with Crippen molar-refractivity contribution in [2.45, 2.75) is 72.1 Å². The first-order valence-corrected chi connectivity index (χ1v) is 13.2. The van der Waals surface area contributed by atoms with Crippen LogP contribution in [-0.4, -0.2) is 61.0 Å². The lowest BCUT2D eigenvalue weighted by Crippen LogP contribution is -2.58. The molecule has 1 fully saturated rings. The number of aliphatic hydroxyl groups excluding tert-OH is 2. The van der Waals surface area contributed by atoms with Gasteiger partial charge in [0.25, 0.3) is 5.91 Å². The molecule has 3 aliphatic rings. The summed E-state index contributed by atoms with van der Waals surface area (Å²) in [6, 6.07) is 1.67. The lowest BCUT2D eigenvalue weighted by molar-refractivity contribution is -0.147. The van der Waals surface area contributed by atoms with E-state index in [1.54, 1.807) is 0 Å². The third-order valence-electron chi connectivity index (χ3n) is 8.65. The molecular formula is C28H35ClN2O7. The fourth-order valence-electron chi connectivity index (χ4n) is 6.13. The van der Waals surface area contributed by atoms with Gasteiger partial charge in [0.05, 0.1) is 5.56 Å². The van der Waals surface area contributed by atoms with Crippen molar-refractivity contribution in [1.29, 1.82) is 0 Å². The average Bonchev–Trinajstić information content (AvgIpc) is 2.81. The Balaban J connectivity index is 1.81. The summed E-state index contributed by atoms with van der Waals surface area (Å²) in [5.41, 5.74) is 2.79. The van der Waals surface area contributed by atoms with Crippen molar-refractivity contribution in [3.63, 3.8) is 0 Å². The zero-order chi connectivity index (χ0) is 28.5. The van der Waals surface area contributed by atoms with Gasteiger partial charge in [-0.05, 0) is 54.8 Å². The van der Waals surface area contributed by atoms with E-state index in [1.165, 1.54) is 6.07 Å². The molecule has 4 atom stereocenters. The summed E-state index contributed by atoms with van der Waals surface area (Å²) >= 11 is 6.86. The van der Waals surface area contributed by atoms with Gasteiger partial charge in [0.1, 0.15) is 22.8 Å². The van der Waals surface area contributed by atoms with Gasteiger partial charge in [-0.3, -0.25) is 19.3 Å². The van der Waals surface area contributed by atoms with Crippen LogP contribution in [0.5, 0.6) is 5.75 Å². The Morgan fingerprint density at radius 2 is 1.87 bits per heavy atom. The molecule has 0 spiro atoms. The number of hydrogen-bond donors (Lipinski definition) is 5. The van der Waals surface area contributed by atoms with Crippen LogP contribution >= 0.6 is 11.6 Å². The highest BCUT2D eigenvalue weighted by molar-refractivity contribution is 6.32. The Morgan fingerprint density at radius 3 is 2.42 bits per heavy atom. The molecule has 3 aliphatic carbocycles. The number of primary amides is 1. The first-order chi connectivity index (χ1) is 17.5. The fraction of sp³-hybridized carbons (Fsp3) is 0.536. The topological polar surface area (TPSA) is 161 Å². The molecule has 38 heavy (non-hydrogen) atoms. The van der Waals surface area contributed by atoms with Crippen LogP contribution in [0.4, 0.5) is 0 Å². The van der Waals surface area contributed by atoms with Crippen molar-refractivity contribution >= 4 is 34.8 Å². The maximum absolute atomic E-state index is 13.6. The van der Waals surface area contributed by atoms with E-state index in [1.807, 2.05) is 6.92 Å². The smallest absolute Gasteiger partial charge is 0.255 e. The molecule has 0 aromatic heterocycles. The van der Waals surface area contributed by atoms with Gasteiger partial charge in [0, 0.05) is 35.5 Å². The van der Waals surface area contributed by atoms with Gasteiger partial charge in [-0.15, -0.1) is 0 Å². The van der Waals surface area contributed by atoms with E-state index >= 15 is 0 Å². The fourth-order valence-corrected chi connectivity index (χ4v) is 6.41. The van der Waals surface area contributed by atoms with Crippen LogP contribution in [0.25, 0.3) is 5.76 Å². The first kappa shape index (κ1) is 28.1. The van der Waals surface area contributed by atoms with Crippen molar-refractivity contribution < 1.29 is 34.8 Å². The van der Waals surface area contributed by atoms with Crippen LogP contribution < -0.4 is 5.73 Å². The predicted octanol–water partition coefficient (Wildman–Crippen LogP) is 3.33. The Kier molecular flexibility index (Phi) is 6.96. The maximum Gasteiger partial charge on any atom is 0.255 e. The number of phenolic OH excluding ortho intramolecular Hbond substituents is 1. The van der Waals surface area contributed by atoms with Crippen molar-refractivity contribution in [3.05, 3.63) is 44.7 Å². The molecule has 4 rings (SSSR count). The highest BCUT2D eigenvalue weighted by atomic mass is 35.5. The highest BCUT2D eigenvalue weighted by Crippen LogP contribution is 2.53. The monoisotopic (exact) mass is 546 g/mol. The van der Waals surface area contributed by atoms with Crippen LogP contribution in [0.1, 0.15) is 64.2 Å². The minimum absolute atomic E-state index is 0.000284. The summed E-state index contributed by atoms with van der Waals surface area (Å²) in [6.45, 7) is 11.8. The molecule has 1 aromatic carbocycles. The van der Waals surface area contributed by atoms with Gasteiger partial charge in [-0.1, -0.05) is 39.3 Å². The molecule has 9 nitrogen and oxygen atoms in total. The quantitative estimate of drug-likeness (QED) is 0.351. The summed E-state index contributed by atoms with van der Waals surface area (Å²) in [7, 11) is 0. The molecule has 206 valence electrons. The number of nitrogens with two attached hydrogens (primary N) is 1. The largest absolute Gasteiger partial charge is 0.508 e. The lowest BCUT2D eigenvalue weighted by Gasteiger charge is -2.46. The van der Waals surface area contributed by atoms with Crippen molar-refractivity contribution in [3.8, 4) is 5.75 Å². The summed E-state index contributed by atoms with van der Waals surface area (Å²) in [5.74, 6) is -6.57. The number of aliphatic hydroxyl groups is 3. The molecule has 0 aliphatic heterocycles. The normalized spacial score (nSPS) is 26.3. The van der Waals surface area contributed by atoms with E-state index in [4.69, 9.17) is 17.3 Å². The van der Waals surface area contributed by atoms with Gasteiger partial charge in [0.15, 0.2) is 11.4 Å². The number of hydrogen-bond acceptors (Lipinski definition) is 8. The molecule has 0 radical (unpaired) electrons. The number of carbonyl (C=O) groups is 3. The average molecular weight is 547 g/mol. The molecule has 10 heteroatoms. The second kappa shape index (κ2) is 9.39. The molecule has 1 aromatic rings.